The lowest BCUT2D eigenvalue weighted by Gasteiger charge is -2.35. The van der Waals surface area contributed by atoms with Crippen molar-refractivity contribution < 1.29 is 31.5 Å². The van der Waals surface area contributed by atoms with E-state index in [2.05, 4.69) is 14.9 Å². The van der Waals surface area contributed by atoms with Crippen LogP contribution in [0.1, 0.15) is 49.9 Å². The normalized spacial score (nSPS) is 17.2. The molecule has 41 heavy (non-hydrogen) atoms. The van der Waals surface area contributed by atoms with Crippen LogP contribution >= 0.6 is 0 Å². The second-order valence-corrected chi connectivity index (χ2v) is 13.7. The summed E-state index contributed by atoms with van der Waals surface area (Å²) >= 11 is 0. The van der Waals surface area contributed by atoms with Gasteiger partial charge in [0.1, 0.15) is 0 Å². The zero-order valence-electron chi connectivity index (χ0n) is 23.1. The Hall–Kier alpha value is -3.25. The molecule has 5 rings (SSSR count). The van der Waals surface area contributed by atoms with Crippen LogP contribution in [0.5, 0.6) is 0 Å². The van der Waals surface area contributed by atoms with Crippen LogP contribution in [0.3, 0.4) is 0 Å². The fourth-order valence-electron chi connectivity index (χ4n) is 5.47. The van der Waals surface area contributed by atoms with Gasteiger partial charge in [-0.1, -0.05) is 6.07 Å². The molecule has 1 amide bonds. The SMILES string of the molecule is CC(C)(Cn1ccc2c(NC(=O)c3ccc(NS(=O)(=O)CCO)cc3N3CCC4(CC3)CC4)cccc21)C(F)(F)F. The van der Waals surface area contributed by atoms with E-state index in [4.69, 9.17) is 5.11 Å². The largest absolute Gasteiger partial charge is 0.395 e. The summed E-state index contributed by atoms with van der Waals surface area (Å²) < 4.78 is 69.2. The number of amides is 1. The summed E-state index contributed by atoms with van der Waals surface area (Å²) in [5, 5.41) is 12.6. The average Bonchev–Trinajstić information content (AvgIpc) is 3.52. The smallest absolute Gasteiger partial charge is 0.395 e. The number of halogens is 3. The predicted octanol–water partition coefficient (Wildman–Crippen LogP) is 5.60. The molecule has 1 spiro atoms. The molecule has 3 aromatic rings. The van der Waals surface area contributed by atoms with Gasteiger partial charge in [0.05, 0.1) is 45.9 Å². The number of aromatic nitrogens is 1. The van der Waals surface area contributed by atoms with E-state index in [0.717, 1.165) is 39.8 Å². The molecule has 0 atom stereocenters. The molecule has 1 saturated heterocycles. The highest BCUT2D eigenvalue weighted by atomic mass is 32.2. The molecule has 1 aliphatic heterocycles. The summed E-state index contributed by atoms with van der Waals surface area (Å²) in [5.41, 5.74) is 0.729. The molecule has 1 saturated carbocycles. The van der Waals surface area contributed by atoms with Gasteiger partial charge in [0, 0.05) is 31.2 Å². The fourth-order valence-corrected chi connectivity index (χ4v) is 6.30. The third-order valence-corrected chi connectivity index (χ3v) is 9.66. The van der Waals surface area contributed by atoms with Crippen molar-refractivity contribution in [2.75, 3.05) is 40.4 Å². The first kappa shape index (κ1) is 29.2. The van der Waals surface area contributed by atoms with E-state index in [-0.39, 0.29) is 6.54 Å². The van der Waals surface area contributed by atoms with Gasteiger partial charge in [-0.3, -0.25) is 9.52 Å². The standard InChI is InChI=1S/C29H35F3N4O4S/c1-27(2,29(30,31)32)19-36-13-8-21-23(4-3-5-24(21)36)33-26(38)22-7-6-20(34-41(39,40)17-16-37)18-25(22)35-14-11-28(9-10-28)12-15-35/h3-8,13,18,34,37H,9-12,14-17,19H2,1-2H3,(H,33,38). The van der Waals surface area contributed by atoms with Gasteiger partial charge in [0.25, 0.3) is 5.91 Å². The van der Waals surface area contributed by atoms with Crippen molar-refractivity contribution in [3.63, 3.8) is 0 Å². The van der Waals surface area contributed by atoms with E-state index < -0.39 is 39.9 Å². The maximum atomic E-state index is 13.7. The Labute approximate surface area is 237 Å². The summed E-state index contributed by atoms with van der Waals surface area (Å²) in [4.78, 5) is 15.8. The van der Waals surface area contributed by atoms with Crippen LogP contribution in [0.25, 0.3) is 10.9 Å². The molecular formula is C29H35F3N4O4S. The molecule has 8 nitrogen and oxygen atoms in total. The molecular weight excluding hydrogens is 557 g/mol. The highest BCUT2D eigenvalue weighted by molar-refractivity contribution is 7.92. The van der Waals surface area contributed by atoms with E-state index in [1.807, 2.05) is 0 Å². The summed E-state index contributed by atoms with van der Waals surface area (Å²) in [6, 6.07) is 11.5. The summed E-state index contributed by atoms with van der Waals surface area (Å²) in [7, 11) is -3.76. The minimum absolute atomic E-state index is 0.272. The molecule has 12 heteroatoms. The minimum Gasteiger partial charge on any atom is -0.395 e. The number of alkyl halides is 3. The van der Waals surface area contributed by atoms with Crippen molar-refractivity contribution in [3.8, 4) is 0 Å². The quantitative estimate of drug-likeness (QED) is 0.300. The number of nitrogens with one attached hydrogen (secondary N) is 2. The Morgan fingerprint density at radius 3 is 2.39 bits per heavy atom. The molecule has 1 aromatic heterocycles. The van der Waals surface area contributed by atoms with Gasteiger partial charge in [0.2, 0.25) is 10.0 Å². The zero-order valence-corrected chi connectivity index (χ0v) is 23.9. The van der Waals surface area contributed by atoms with E-state index in [1.165, 1.54) is 18.9 Å². The van der Waals surface area contributed by atoms with E-state index in [9.17, 15) is 26.4 Å². The Bertz CT molecular complexity index is 1550. The number of hydrogen-bond donors (Lipinski definition) is 3. The lowest BCUT2D eigenvalue weighted by Crippen LogP contribution is -2.36. The molecule has 0 unspecified atom stereocenters. The minimum atomic E-state index is -4.38. The average molecular weight is 593 g/mol. The van der Waals surface area contributed by atoms with Gasteiger partial charge in [-0.2, -0.15) is 13.2 Å². The van der Waals surface area contributed by atoms with Gasteiger partial charge in [-0.15, -0.1) is 0 Å². The third kappa shape index (κ3) is 6.18. The number of benzene rings is 2. The highest BCUT2D eigenvalue weighted by Crippen LogP contribution is 2.54. The topological polar surface area (TPSA) is 104 Å². The zero-order chi connectivity index (χ0) is 29.6. The molecule has 0 radical (unpaired) electrons. The number of carbonyl (C=O) groups excluding carboxylic acids is 1. The van der Waals surface area contributed by atoms with Crippen molar-refractivity contribution in [2.45, 2.75) is 52.3 Å². The second-order valence-electron chi connectivity index (χ2n) is 11.9. The van der Waals surface area contributed by atoms with Crippen LogP contribution < -0.4 is 14.9 Å². The third-order valence-electron chi connectivity index (χ3n) is 8.39. The van der Waals surface area contributed by atoms with E-state index >= 15 is 0 Å². The van der Waals surface area contributed by atoms with E-state index in [1.54, 1.807) is 47.2 Å². The number of carbonyl (C=O) groups is 1. The maximum absolute atomic E-state index is 13.7. The van der Waals surface area contributed by atoms with Gasteiger partial charge in [0.15, 0.2) is 0 Å². The van der Waals surface area contributed by atoms with Gasteiger partial charge < -0.3 is 19.9 Å². The Morgan fingerprint density at radius 1 is 1.05 bits per heavy atom. The Kier molecular flexibility index (Phi) is 7.52. The number of anilines is 3. The number of rotatable bonds is 9. The molecule has 222 valence electrons. The number of sulfonamides is 1. The fraction of sp³-hybridized carbons (Fsp3) is 0.483. The number of fused-ring (bicyclic) bond motifs is 1. The molecule has 3 N–H and O–H groups in total. The van der Waals surface area contributed by atoms with Crippen molar-refractivity contribution in [1.82, 2.24) is 4.57 Å². The van der Waals surface area contributed by atoms with Crippen LogP contribution in [0.4, 0.5) is 30.2 Å². The molecule has 0 bridgehead atoms. The Balaban J connectivity index is 1.43. The highest BCUT2D eigenvalue weighted by Gasteiger charge is 2.47. The predicted molar refractivity (Wildman–Crippen MR) is 154 cm³/mol. The maximum Gasteiger partial charge on any atom is 0.395 e. The molecule has 1 aliphatic carbocycles. The summed E-state index contributed by atoms with van der Waals surface area (Å²) in [6.45, 7) is 3.00. The molecule has 2 aromatic carbocycles. The summed E-state index contributed by atoms with van der Waals surface area (Å²) in [6.07, 6.45) is 1.62. The van der Waals surface area contributed by atoms with Crippen molar-refractivity contribution in [3.05, 3.63) is 54.2 Å². The monoisotopic (exact) mass is 592 g/mol. The number of aliphatic hydroxyl groups excluding tert-OH is 1. The number of aliphatic hydroxyl groups is 1. The summed E-state index contributed by atoms with van der Waals surface area (Å²) in [5.74, 6) is -0.854. The van der Waals surface area contributed by atoms with Crippen LogP contribution in [-0.2, 0) is 16.6 Å². The van der Waals surface area contributed by atoms with Gasteiger partial charge >= 0.3 is 6.18 Å². The van der Waals surface area contributed by atoms with Crippen LogP contribution in [-0.4, -0.2) is 55.6 Å². The molecule has 2 aliphatic rings. The number of hydrogen-bond acceptors (Lipinski definition) is 5. The molecule has 2 fully saturated rings. The van der Waals surface area contributed by atoms with Gasteiger partial charge in [-0.05, 0) is 81.3 Å². The van der Waals surface area contributed by atoms with Crippen LogP contribution in [0, 0.1) is 10.8 Å². The van der Waals surface area contributed by atoms with Crippen LogP contribution in [0.15, 0.2) is 48.7 Å². The first-order chi connectivity index (χ1) is 19.2. The first-order valence-electron chi connectivity index (χ1n) is 13.7. The number of nitrogens with zero attached hydrogens (tertiary/aromatic N) is 2. The van der Waals surface area contributed by atoms with Crippen LogP contribution in [0.2, 0.25) is 0 Å². The molecule has 2 heterocycles. The lowest BCUT2D eigenvalue weighted by atomic mass is 9.92. The Morgan fingerprint density at radius 2 is 1.76 bits per heavy atom. The second kappa shape index (κ2) is 10.5. The van der Waals surface area contributed by atoms with E-state index in [0.29, 0.717) is 38.9 Å². The van der Waals surface area contributed by atoms with Crippen molar-refractivity contribution in [2.24, 2.45) is 10.8 Å². The van der Waals surface area contributed by atoms with Crippen molar-refractivity contribution >= 4 is 43.9 Å². The first-order valence-corrected chi connectivity index (χ1v) is 15.3. The van der Waals surface area contributed by atoms with Crippen molar-refractivity contribution in [1.29, 1.82) is 0 Å². The van der Waals surface area contributed by atoms with Gasteiger partial charge in [-0.25, -0.2) is 8.42 Å². The lowest BCUT2D eigenvalue weighted by molar-refractivity contribution is -0.215. The number of piperidine rings is 1.